The number of hydrogen-bond acceptors (Lipinski definition) is 30. The van der Waals surface area contributed by atoms with Crippen LogP contribution in [0.2, 0.25) is 0 Å². The van der Waals surface area contributed by atoms with E-state index in [2.05, 4.69) is 103 Å². The van der Waals surface area contributed by atoms with Crippen LogP contribution in [-0.4, -0.2) is 298 Å². The number of aromatic nitrogens is 12. The van der Waals surface area contributed by atoms with Crippen molar-refractivity contribution in [1.82, 2.24) is 60.3 Å². The van der Waals surface area contributed by atoms with Crippen molar-refractivity contribution in [1.29, 1.82) is 0 Å². The molecule has 36 nitrogen and oxygen atoms in total. The predicted octanol–water partition coefficient (Wildman–Crippen LogP) is -0.232. The van der Waals surface area contributed by atoms with E-state index in [-0.39, 0.29) is 11.1 Å². The van der Waals surface area contributed by atoms with E-state index in [1.165, 1.54) is 10.6 Å². The molecule has 4 fully saturated rings. The van der Waals surface area contributed by atoms with Crippen molar-refractivity contribution in [2.24, 2.45) is 7.05 Å². The molecule has 0 amide bonds. The Labute approximate surface area is 715 Å². The Morgan fingerprint density at radius 2 is 0.746 bits per heavy atom. The van der Waals surface area contributed by atoms with Gasteiger partial charge in [-0.05, 0) is 113 Å². The third-order valence-electron chi connectivity index (χ3n) is 21.6. The summed E-state index contributed by atoms with van der Waals surface area (Å²) in [4.78, 5) is 34.5. The summed E-state index contributed by atoms with van der Waals surface area (Å²) < 4.78 is 34.2. The number of aromatic amines is 5. The van der Waals surface area contributed by atoms with E-state index < -0.39 is 149 Å². The second-order valence-electron chi connectivity index (χ2n) is 30.0. The van der Waals surface area contributed by atoms with E-state index in [1.54, 1.807) is 94.1 Å². The molecule has 8 aromatic heterocycles. The molecule has 4 aliphatic rings. The van der Waals surface area contributed by atoms with Crippen LogP contribution in [0.25, 0.3) is 88.1 Å². The summed E-state index contributed by atoms with van der Waals surface area (Å²) in [6.07, 6.45) is -12.4. The molecule has 36 heteroatoms. The number of methoxy groups -OCH3 is 1. The Balaban J connectivity index is 0.000000137. The molecule has 17 rings (SSSR count). The largest absolute Gasteiger partial charge is 0.481 e. The summed E-state index contributed by atoms with van der Waals surface area (Å²) in [5.74, 6) is 24.0. The lowest BCUT2D eigenvalue weighted by atomic mass is 9.95. The van der Waals surface area contributed by atoms with E-state index in [0.29, 0.717) is 62.7 Å². The second kappa shape index (κ2) is 40.0. The number of fused-ring (bicyclic) bond motifs is 4. The molecule has 20 atom stereocenters. The molecule has 4 aliphatic heterocycles. The number of aliphatic hydroxyl groups is 16. The highest BCUT2D eigenvalue weighted by Crippen LogP contribution is 2.34. The fraction of sp³-hybridized carbons (Fsp3) is 0.311. The number of hydrogen-bond donors (Lipinski definition) is 21. The molecule has 0 radical (unpaired) electrons. The number of benzene rings is 5. The number of nitrogens with one attached hydrogen (secondary N) is 5. The molecule has 0 saturated carbocycles. The Hall–Kier alpha value is -12.8. The fourth-order valence-corrected chi connectivity index (χ4v) is 14.4. The van der Waals surface area contributed by atoms with Crippen molar-refractivity contribution in [3.8, 4) is 104 Å². The number of H-pyrrole nitrogens is 5. The first-order valence-electron chi connectivity index (χ1n) is 39.5. The van der Waals surface area contributed by atoms with Gasteiger partial charge >= 0.3 is 0 Å². The van der Waals surface area contributed by atoms with Gasteiger partial charge in [0.15, 0.2) is 0 Å². The molecule has 0 bridgehead atoms. The van der Waals surface area contributed by atoms with Crippen LogP contribution in [0, 0.1) is 54.3 Å². The second-order valence-corrected chi connectivity index (χ2v) is 30.0. The minimum Gasteiger partial charge on any atom is -0.481 e. The summed E-state index contributed by atoms with van der Waals surface area (Å²) >= 11 is 0. The van der Waals surface area contributed by atoms with Crippen LogP contribution in [0.1, 0.15) is 33.4 Å². The Morgan fingerprint density at radius 1 is 0.397 bits per heavy atom. The van der Waals surface area contributed by atoms with Gasteiger partial charge in [-0.25, -0.2) is 9.97 Å². The van der Waals surface area contributed by atoms with Crippen molar-refractivity contribution in [2.75, 3.05) is 33.5 Å². The van der Waals surface area contributed by atoms with E-state index >= 15 is 0 Å². The van der Waals surface area contributed by atoms with Gasteiger partial charge in [0, 0.05) is 94.3 Å². The average Bonchev–Trinajstić information content (AvgIpc) is 1.61. The van der Waals surface area contributed by atoms with Gasteiger partial charge in [0.1, 0.15) is 129 Å². The maximum atomic E-state index is 11.9. The minimum absolute atomic E-state index is 0.103. The van der Waals surface area contributed by atoms with Crippen LogP contribution < -0.4 is 20.6 Å². The Kier molecular flexibility index (Phi) is 28.4. The van der Waals surface area contributed by atoms with Crippen LogP contribution >= 0.6 is 0 Å². The number of nitrogens with zero attached hydrogens (tertiary/aromatic N) is 7. The maximum absolute atomic E-state index is 11.9. The Morgan fingerprint density at radius 3 is 1.09 bits per heavy atom. The lowest BCUT2D eigenvalue weighted by molar-refractivity contribution is -0.214. The number of ether oxygens (including phenoxy) is 6. The molecule has 0 unspecified atom stereocenters. The van der Waals surface area contributed by atoms with E-state index in [4.69, 9.17) is 28.4 Å². The standard InChI is InChI=1S/C27H25N3O6.C22H23N3O6.C21H21N3O6.C20H19N3O6/c31-14-22-26(33)27(34)25(32)21(36-22)8-6-17-10-19(11-20-13-29-30-24(17)20)18-7-9-23(28-12-18)35-15-16-4-2-1-3-5-16;1-11-5-18(27)25(2)9-15(11)13-6-12(19-14(7-13)8-23-24-19)3-4-16-20(28)22(30)21(29)17(10-26)31-16;1-29-17-5-3-12(8-22-17)13-6-11(18-14(7-13)9-23-24-18)2-4-15-19(26)21(28)20(27)16(10-25)30-15;24-9-15-19(27)20(28)18(26)14(29-15)3-1-10-5-12(6-13-8-22-23-17(10)13)11-2-4-16(25)21-7-11/h1-5,7,9-13,21-22,25-27,31-34H,14-15H2,(H,29,30);5-9,16-17,20-22,26,28-30H,10H2,1-2H3,(H,23,24);3,5-9,15-16,19-21,25-28H,10H2,1H3,(H,23,24);2,4-8,14-15,18-20,24,26-28H,9H2,(H,21,25)(H,22,23)/t21-,22-,25-,26-,27-;16-,17-,20-,21-,22-;15-,16-,19-,20-,21-;14-,15-,18-,19-,20-/m1111/s1. The lowest BCUT2D eigenvalue weighted by Crippen LogP contribution is -2.58. The van der Waals surface area contributed by atoms with Gasteiger partial charge in [-0.15, -0.1) is 0 Å². The molecular weight excluding hydrogens is 1630 g/mol. The van der Waals surface area contributed by atoms with Gasteiger partial charge in [-0.3, -0.25) is 30.0 Å². The number of aliphatic hydroxyl groups excluding tert-OH is 16. The minimum atomic E-state index is -1.49. The van der Waals surface area contributed by atoms with Crippen molar-refractivity contribution >= 4 is 43.6 Å². The lowest BCUT2D eigenvalue weighted by Gasteiger charge is -2.37. The summed E-state index contributed by atoms with van der Waals surface area (Å²) in [6, 6.07) is 36.9. The van der Waals surface area contributed by atoms with E-state index in [9.17, 15) is 91.3 Å². The summed E-state index contributed by atoms with van der Waals surface area (Å²) in [7, 11) is 3.23. The van der Waals surface area contributed by atoms with Crippen LogP contribution in [-0.2, 0) is 32.6 Å². The van der Waals surface area contributed by atoms with Crippen LogP contribution in [0.3, 0.4) is 0 Å². The summed E-state index contributed by atoms with van der Waals surface area (Å²) in [6.45, 7) is 0.224. The zero-order valence-corrected chi connectivity index (χ0v) is 67.3. The quantitative estimate of drug-likeness (QED) is 0.0702. The summed E-state index contributed by atoms with van der Waals surface area (Å²) in [5, 5.41) is 189. The van der Waals surface area contributed by atoms with Crippen LogP contribution in [0.4, 0.5) is 0 Å². The number of aryl methyl sites for hydroxylation is 2. The third kappa shape index (κ3) is 20.0. The van der Waals surface area contributed by atoms with Crippen molar-refractivity contribution < 1.29 is 110 Å². The third-order valence-corrected chi connectivity index (χ3v) is 21.6. The molecular formula is C90H88N12O24. The molecule has 13 aromatic rings. The first kappa shape index (κ1) is 89.5. The van der Waals surface area contributed by atoms with E-state index in [0.717, 1.165) is 77.2 Å². The highest BCUT2D eigenvalue weighted by molar-refractivity contribution is 5.93. The average molecular weight is 1720 g/mol. The van der Waals surface area contributed by atoms with Crippen molar-refractivity contribution in [3.63, 3.8) is 0 Å². The number of pyridine rings is 4. The van der Waals surface area contributed by atoms with Gasteiger partial charge in [0.2, 0.25) is 17.3 Å². The van der Waals surface area contributed by atoms with Crippen molar-refractivity contribution in [2.45, 2.75) is 136 Å². The highest BCUT2D eigenvalue weighted by atomic mass is 16.6. The highest BCUT2D eigenvalue weighted by Gasteiger charge is 2.46. The normalized spacial score (nSPS) is 25.6. The van der Waals surface area contributed by atoms with Gasteiger partial charge < -0.3 is 120 Å². The van der Waals surface area contributed by atoms with Crippen LogP contribution in [0.15, 0.2) is 180 Å². The molecule has 652 valence electrons. The molecule has 21 N–H and O–H groups in total. The molecule has 0 aliphatic carbocycles. The SMILES string of the molecule is COc1ccc(-c2cc(C#C[C@H]3O[C@H](CO)[C@@H](O)[C@H](O)[C@@H]3O)c3[nH]ncc3c2)cn1.Cc1cc(=O)n(C)cc1-c1cc(C#C[C@H]2O[C@H](CO)[C@@H](O)[C@H](O)[C@@H]2O)c2[nH]ncc2c1.O=c1ccc(-c2cc(C#C[C@H]3O[C@H](CO)[C@@H](O)[C@H](O)[C@@H]3O)c3[nH]ncc3c2)c[nH]1.OC[C@H]1O[C@H](C#Cc2cc(-c3ccc(OCc4ccccc4)nc3)cc3cn[nH]c23)[C@@H](O)[C@@H](O)[C@@H]1O. The molecule has 4 saturated heterocycles. The topological polar surface area (TPSA) is 574 Å². The van der Waals surface area contributed by atoms with Gasteiger partial charge in [0.25, 0.3) is 5.56 Å². The predicted molar refractivity (Wildman–Crippen MR) is 452 cm³/mol. The smallest absolute Gasteiger partial charge is 0.250 e. The Bertz CT molecular complexity index is 6350. The molecule has 5 aromatic carbocycles. The molecule has 126 heavy (non-hydrogen) atoms. The molecule has 0 spiro atoms. The van der Waals surface area contributed by atoms with Gasteiger partial charge in [-0.2, -0.15) is 20.4 Å². The zero-order chi connectivity index (χ0) is 89.1. The molecule has 12 heterocycles. The number of rotatable bonds is 12. The van der Waals surface area contributed by atoms with Crippen molar-refractivity contribution in [3.05, 3.63) is 225 Å². The first-order chi connectivity index (χ1) is 60.8. The van der Waals surface area contributed by atoms with Crippen LogP contribution in [0.5, 0.6) is 11.8 Å². The summed E-state index contributed by atoms with van der Waals surface area (Å²) in [5.41, 5.74) is 13.4. The van der Waals surface area contributed by atoms with E-state index in [1.807, 2.05) is 91.9 Å². The monoisotopic (exact) mass is 1720 g/mol. The van der Waals surface area contributed by atoms with Gasteiger partial charge in [0.05, 0.1) is 103 Å². The first-order valence-corrected chi connectivity index (χ1v) is 39.5. The zero-order valence-electron chi connectivity index (χ0n) is 67.3. The maximum Gasteiger partial charge on any atom is 0.250 e. The fourth-order valence-electron chi connectivity index (χ4n) is 14.4. The van der Waals surface area contributed by atoms with Gasteiger partial charge in [-0.1, -0.05) is 77.7 Å².